The van der Waals surface area contributed by atoms with Gasteiger partial charge in [0.1, 0.15) is 0 Å². The third-order valence-corrected chi connectivity index (χ3v) is 3.44. The van der Waals surface area contributed by atoms with Gasteiger partial charge in [-0.05, 0) is 18.6 Å². The highest BCUT2D eigenvalue weighted by atomic mass is 16.7. The maximum atomic E-state index is 9.09. The zero-order valence-corrected chi connectivity index (χ0v) is 13.3. The Balaban J connectivity index is 3.43. The lowest BCUT2D eigenvalue weighted by atomic mass is 9.98. The SMILES string of the molecule is COc1ccc(C(CCCO)(OC)OC)c(OC)c1OC. The van der Waals surface area contributed by atoms with E-state index in [4.69, 9.17) is 28.8 Å². The molecule has 0 bridgehead atoms. The van der Waals surface area contributed by atoms with Gasteiger partial charge in [-0.15, -0.1) is 0 Å². The van der Waals surface area contributed by atoms with Crippen LogP contribution in [-0.2, 0) is 15.3 Å². The van der Waals surface area contributed by atoms with Gasteiger partial charge in [-0.2, -0.15) is 0 Å². The summed E-state index contributed by atoms with van der Waals surface area (Å²) >= 11 is 0. The molecule has 0 fully saturated rings. The Bertz CT molecular complexity index is 442. The minimum atomic E-state index is -1.02. The van der Waals surface area contributed by atoms with Gasteiger partial charge in [0.05, 0.1) is 26.9 Å². The first kappa shape index (κ1) is 17.6. The zero-order valence-electron chi connectivity index (χ0n) is 13.3. The fourth-order valence-corrected chi connectivity index (χ4v) is 2.36. The summed E-state index contributed by atoms with van der Waals surface area (Å²) in [4.78, 5) is 0. The minimum absolute atomic E-state index is 0.0457. The maximum absolute atomic E-state index is 9.09. The molecule has 21 heavy (non-hydrogen) atoms. The Kier molecular flexibility index (Phi) is 6.74. The number of methoxy groups -OCH3 is 5. The van der Waals surface area contributed by atoms with Crippen LogP contribution in [0.4, 0.5) is 0 Å². The molecular formula is C15H24O6. The third-order valence-electron chi connectivity index (χ3n) is 3.44. The van der Waals surface area contributed by atoms with E-state index in [0.717, 1.165) is 0 Å². The van der Waals surface area contributed by atoms with E-state index in [2.05, 4.69) is 0 Å². The van der Waals surface area contributed by atoms with Crippen LogP contribution in [0.3, 0.4) is 0 Å². The average Bonchev–Trinajstić information content (AvgIpc) is 2.55. The summed E-state index contributed by atoms with van der Waals surface area (Å²) in [7, 11) is 7.75. The molecule has 1 aromatic carbocycles. The molecule has 0 saturated carbocycles. The Labute approximate surface area is 125 Å². The molecule has 0 unspecified atom stereocenters. The van der Waals surface area contributed by atoms with Crippen LogP contribution >= 0.6 is 0 Å². The van der Waals surface area contributed by atoms with E-state index in [1.165, 1.54) is 0 Å². The molecule has 0 aliphatic heterocycles. The third kappa shape index (κ3) is 3.40. The summed E-state index contributed by atoms with van der Waals surface area (Å²) in [5, 5.41) is 9.09. The molecule has 120 valence electrons. The summed E-state index contributed by atoms with van der Waals surface area (Å²) in [6, 6.07) is 3.58. The topological polar surface area (TPSA) is 66.4 Å². The van der Waals surface area contributed by atoms with Crippen molar-refractivity contribution in [1.82, 2.24) is 0 Å². The first-order valence-electron chi connectivity index (χ1n) is 6.64. The fourth-order valence-electron chi connectivity index (χ4n) is 2.36. The highest BCUT2D eigenvalue weighted by Crippen LogP contribution is 2.46. The minimum Gasteiger partial charge on any atom is -0.493 e. The van der Waals surface area contributed by atoms with Crippen LogP contribution in [0.1, 0.15) is 18.4 Å². The molecule has 0 radical (unpaired) electrons. The molecule has 0 amide bonds. The lowest BCUT2D eigenvalue weighted by molar-refractivity contribution is -0.222. The van der Waals surface area contributed by atoms with Gasteiger partial charge in [-0.3, -0.25) is 0 Å². The Morgan fingerprint density at radius 3 is 1.95 bits per heavy atom. The number of aliphatic hydroxyl groups excluding tert-OH is 1. The molecule has 0 atom stereocenters. The molecule has 6 nitrogen and oxygen atoms in total. The predicted octanol–water partition coefficient (Wildman–Crippen LogP) is 1.93. The van der Waals surface area contributed by atoms with Crippen molar-refractivity contribution in [1.29, 1.82) is 0 Å². The normalized spacial score (nSPS) is 11.3. The number of benzene rings is 1. The van der Waals surface area contributed by atoms with E-state index in [1.54, 1.807) is 41.6 Å². The van der Waals surface area contributed by atoms with Crippen LogP contribution in [-0.4, -0.2) is 47.3 Å². The van der Waals surface area contributed by atoms with Crippen molar-refractivity contribution in [3.8, 4) is 17.2 Å². The number of aliphatic hydroxyl groups is 1. The summed E-state index contributed by atoms with van der Waals surface area (Å²) in [5.41, 5.74) is 0.682. The molecule has 0 heterocycles. The van der Waals surface area contributed by atoms with Gasteiger partial charge in [0.15, 0.2) is 17.3 Å². The Hall–Kier alpha value is -1.50. The fraction of sp³-hybridized carbons (Fsp3) is 0.600. The first-order valence-corrected chi connectivity index (χ1v) is 6.64. The first-order chi connectivity index (χ1) is 10.1. The molecule has 0 aromatic heterocycles. The van der Waals surface area contributed by atoms with Crippen molar-refractivity contribution < 1.29 is 28.8 Å². The van der Waals surface area contributed by atoms with Crippen LogP contribution in [0.25, 0.3) is 0 Å². The highest BCUT2D eigenvalue weighted by molar-refractivity contribution is 5.57. The monoisotopic (exact) mass is 300 g/mol. The van der Waals surface area contributed by atoms with Crippen LogP contribution in [0, 0.1) is 0 Å². The van der Waals surface area contributed by atoms with Crippen molar-refractivity contribution in [3.05, 3.63) is 17.7 Å². The summed E-state index contributed by atoms with van der Waals surface area (Å²) < 4.78 is 27.3. The van der Waals surface area contributed by atoms with Crippen molar-refractivity contribution >= 4 is 0 Å². The molecule has 0 aliphatic carbocycles. The zero-order chi connectivity index (χ0) is 15.9. The largest absolute Gasteiger partial charge is 0.493 e. The Morgan fingerprint density at radius 1 is 0.905 bits per heavy atom. The van der Waals surface area contributed by atoms with E-state index in [9.17, 15) is 0 Å². The van der Waals surface area contributed by atoms with E-state index in [1.807, 2.05) is 6.07 Å². The van der Waals surface area contributed by atoms with Crippen molar-refractivity contribution in [2.75, 3.05) is 42.2 Å². The van der Waals surface area contributed by atoms with Gasteiger partial charge in [0, 0.05) is 27.2 Å². The van der Waals surface area contributed by atoms with E-state index in [-0.39, 0.29) is 6.61 Å². The number of hydrogen-bond donors (Lipinski definition) is 1. The second kappa shape index (κ2) is 8.07. The number of rotatable bonds is 9. The van der Waals surface area contributed by atoms with Crippen molar-refractivity contribution in [2.24, 2.45) is 0 Å². The van der Waals surface area contributed by atoms with Crippen LogP contribution < -0.4 is 14.2 Å². The smallest absolute Gasteiger partial charge is 0.203 e. The lowest BCUT2D eigenvalue weighted by Gasteiger charge is -2.33. The molecule has 6 heteroatoms. The summed E-state index contributed by atoms with van der Waals surface area (Å²) in [5.74, 6) is 0.494. The predicted molar refractivity (Wildman–Crippen MR) is 78.1 cm³/mol. The van der Waals surface area contributed by atoms with Gasteiger partial charge in [-0.25, -0.2) is 0 Å². The van der Waals surface area contributed by atoms with Gasteiger partial charge in [0.25, 0.3) is 0 Å². The molecule has 1 N–H and O–H groups in total. The number of hydrogen-bond acceptors (Lipinski definition) is 6. The summed E-state index contributed by atoms with van der Waals surface area (Å²) in [6.45, 7) is 0.0457. The molecule has 0 saturated heterocycles. The summed E-state index contributed by atoms with van der Waals surface area (Å²) in [6.07, 6.45) is 1.00. The second-order valence-corrected chi connectivity index (χ2v) is 4.37. The average molecular weight is 300 g/mol. The highest BCUT2D eigenvalue weighted by Gasteiger charge is 2.36. The van der Waals surface area contributed by atoms with Crippen LogP contribution in [0.2, 0.25) is 0 Å². The molecule has 0 aliphatic rings. The number of ether oxygens (including phenoxy) is 5. The van der Waals surface area contributed by atoms with E-state index >= 15 is 0 Å². The molecule has 1 aromatic rings. The van der Waals surface area contributed by atoms with Gasteiger partial charge < -0.3 is 28.8 Å². The van der Waals surface area contributed by atoms with Gasteiger partial charge in [-0.1, -0.05) is 0 Å². The van der Waals surface area contributed by atoms with Crippen molar-refractivity contribution in [2.45, 2.75) is 18.6 Å². The van der Waals surface area contributed by atoms with E-state index < -0.39 is 5.79 Å². The molecule has 0 spiro atoms. The Morgan fingerprint density at radius 2 is 1.52 bits per heavy atom. The molecule has 1 rings (SSSR count). The maximum Gasteiger partial charge on any atom is 0.203 e. The lowest BCUT2D eigenvalue weighted by Crippen LogP contribution is -2.31. The van der Waals surface area contributed by atoms with Gasteiger partial charge >= 0.3 is 0 Å². The van der Waals surface area contributed by atoms with Crippen molar-refractivity contribution in [3.63, 3.8) is 0 Å². The second-order valence-electron chi connectivity index (χ2n) is 4.37. The van der Waals surface area contributed by atoms with Gasteiger partial charge in [0.2, 0.25) is 5.75 Å². The van der Waals surface area contributed by atoms with Crippen LogP contribution in [0.15, 0.2) is 12.1 Å². The van der Waals surface area contributed by atoms with Crippen LogP contribution in [0.5, 0.6) is 17.2 Å². The standard InChI is InChI=1S/C15H24O6/c1-17-12-8-7-11(13(18-2)14(12)19-3)15(20-4,21-5)9-6-10-16/h7-8,16H,6,9-10H2,1-5H3. The van der Waals surface area contributed by atoms with E-state index in [0.29, 0.717) is 35.7 Å². The quantitative estimate of drug-likeness (QED) is 0.703. The molecular weight excluding hydrogens is 276 g/mol.